The summed E-state index contributed by atoms with van der Waals surface area (Å²) < 4.78 is 28.0. The third kappa shape index (κ3) is 4.27. The van der Waals surface area contributed by atoms with Gasteiger partial charge in [0.05, 0.1) is 10.4 Å². The molecule has 0 aliphatic carbocycles. The van der Waals surface area contributed by atoms with E-state index >= 15 is 0 Å². The number of hydrogen-bond donors (Lipinski definition) is 2. The molecule has 0 amide bonds. The molecule has 30 heavy (non-hydrogen) atoms. The summed E-state index contributed by atoms with van der Waals surface area (Å²) in [5.41, 5.74) is 2.65. The number of carboxylic acid groups (broad SMARTS) is 1. The molecule has 2 heterocycles. The molecule has 2 aromatic carbocycles. The molecule has 1 aliphatic rings. The molecule has 2 N–H and O–H groups in total. The summed E-state index contributed by atoms with van der Waals surface area (Å²) in [6.45, 7) is 3.46. The van der Waals surface area contributed by atoms with E-state index in [4.69, 9.17) is 9.90 Å². The zero-order valence-corrected chi connectivity index (χ0v) is 17.8. The summed E-state index contributed by atoms with van der Waals surface area (Å²) in [5.74, 6) is 0. The number of carbonyl (C=O) groups is 1. The molecule has 1 aliphatic heterocycles. The van der Waals surface area contributed by atoms with Crippen molar-refractivity contribution < 1.29 is 18.3 Å². The number of nitrogens with zero attached hydrogens (tertiary/aromatic N) is 3. The fourth-order valence-electron chi connectivity index (χ4n) is 3.55. The van der Waals surface area contributed by atoms with Gasteiger partial charge in [-0.15, -0.1) is 0 Å². The van der Waals surface area contributed by atoms with E-state index in [0.717, 1.165) is 42.9 Å². The maximum atomic E-state index is 13.3. The fourth-order valence-corrected chi connectivity index (χ4v) is 4.94. The highest BCUT2D eigenvalue weighted by Gasteiger charge is 2.22. The van der Waals surface area contributed by atoms with Crippen LogP contribution in [0.15, 0.2) is 59.6 Å². The largest absolute Gasteiger partial charge is 0.483 e. The van der Waals surface area contributed by atoms with E-state index in [-0.39, 0.29) is 6.47 Å². The Morgan fingerprint density at radius 1 is 1.07 bits per heavy atom. The molecule has 0 spiro atoms. The molecule has 1 fully saturated rings. The third-order valence-electron chi connectivity index (χ3n) is 5.02. The van der Waals surface area contributed by atoms with E-state index < -0.39 is 10.0 Å². The molecule has 3 aromatic rings. The molecular weight excluding hydrogens is 404 g/mol. The Morgan fingerprint density at radius 2 is 1.73 bits per heavy atom. The maximum Gasteiger partial charge on any atom is 0.290 e. The van der Waals surface area contributed by atoms with Crippen LogP contribution in [0.2, 0.25) is 0 Å². The summed E-state index contributed by atoms with van der Waals surface area (Å²) in [5, 5.41) is 11.2. The normalized spacial score (nSPS) is 14.1. The van der Waals surface area contributed by atoms with Gasteiger partial charge in [0.1, 0.15) is 0 Å². The first-order chi connectivity index (χ1) is 14.4. The number of fused-ring (bicyclic) bond motifs is 1. The molecule has 4 rings (SSSR count). The Hall–Kier alpha value is -3.04. The standard InChI is InChI=1S/C20H24N4O2S.CH2O2/c1-22(2)16-5-3-6-17(15-16)27(25,26)24-12-9-18-19(7-4-8-20(18)24)23-13-10-21-11-14-23;2-1-3/h3-9,12,15,21H,10-11,13-14H2,1-2H3;1H,(H,2,3). The van der Waals surface area contributed by atoms with Gasteiger partial charge in [-0.3, -0.25) is 4.79 Å². The highest BCUT2D eigenvalue weighted by molar-refractivity contribution is 7.90. The summed E-state index contributed by atoms with van der Waals surface area (Å²) >= 11 is 0. The topological polar surface area (TPSA) is 94.9 Å². The van der Waals surface area contributed by atoms with Crippen molar-refractivity contribution in [3.05, 3.63) is 54.7 Å². The number of rotatable bonds is 4. The molecule has 160 valence electrons. The first-order valence-electron chi connectivity index (χ1n) is 9.56. The monoisotopic (exact) mass is 430 g/mol. The lowest BCUT2D eigenvalue weighted by Crippen LogP contribution is -2.43. The lowest BCUT2D eigenvalue weighted by Gasteiger charge is -2.30. The number of piperazine rings is 1. The van der Waals surface area contributed by atoms with Crippen LogP contribution in [-0.2, 0) is 14.8 Å². The smallest absolute Gasteiger partial charge is 0.290 e. The fraction of sp³-hybridized carbons (Fsp3) is 0.286. The molecule has 0 radical (unpaired) electrons. The lowest BCUT2D eigenvalue weighted by atomic mass is 10.2. The average molecular weight is 431 g/mol. The van der Waals surface area contributed by atoms with Crippen LogP contribution in [0.25, 0.3) is 10.9 Å². The van der Waals surface area contributed by atoms with Crippen LogP contribution < -0.4 is 15.1 Å². The molecule has 0 atom stereocenters. The first-order valence-corrected chi connectivity index (χ1v) is 11.0. The van der Waals surface area contributed by atoms with E-state index in [1.807, 2.05) is 43.3 Å². The zero-order valence-electron chi connectivity index (χ0n) is 17.0. The minimum absolute atomic E-state index is 0.250. The van der Waals surface area contributed by atoms with Crippen molar-refractivity contribution >= 4 is 38.8 Å². The first kappa shape index (κ1) is 21.7. The van der Waals surface area contributed by atoms with E-state index in [1.54, 1.807) is 24.4 Å². The molecule has 8 nitrogen and oxygen atoms in total. The van der Waals surface area contributed by atoms with Gasteiger partial charge in [0.25, 0.3) is 16.5 Å². The van der Waals surface area contributed by atoms with Crippen LogP contribution in [0, 0.1) is 0 Å². The Labute approximate surface area is 176 Å². The van der Waals surface area contributed by atoms with Gasteiger partial charge in [-0.2, -0.15) is 0 Å². The van der Waals surface area contributed by atoms with Gasteiger partial charge in [0.15, 0.2) is 0 Å². The lowest BCUT2D eigenvalue weighted by molar-refractivity contribution is -0.122. The third-order valence-corrected chi connectivity index (χ3v) is 6.71. The van der Waals surface area contributed by atoms with Gasteiger partial charge >= 0.3 is 0 Å². The maximum absolute atomic E-state index is 13.3. The van der Waals surface area contributed by atoms with Gasteiger partial charge in [-0.05, 0) is 36.4 Å². The van der Waals surface area contributed by atoms with Crippen LogP contribution in [-0.4, -0.2) is 64.2 Å². The summed E-state index contributed by atoms with van der Waals surface area (Å²) in [7, 11) is 0.132. The van der Waals surface area contributed by atoms with Crippen molar-refractivity contribution in [1.29, 1.82) is 0 Å². The minimum Gasteiger partial charge on any atom is -0.483 e. The van der Waals surface area contributed by atoms with Crippen molar-refractivity contribution in [2.24, 2.45) is 0 Å². The molecule has 0 saturated carbocycles. The van der Waals surface area contributed by atoms with Gasteiger partial charge in [0.2, 0.25) is 0 Å². The van der Waals surface area contributed by atoms with Crippen LogP contribution in [0.4, 0.5) is 11.4 Å². The molecular formula is C21H26N4O4S. The summed E-state index contributed by atoms with van der Waals surface area (Å²) in [6.07, 6.45) is 1.66. The van der Waals surface area contributed by atoms with E-state index in [2.05, 4.69) is 16.3 Å². The van der Waals surface area contributed by atoms with Crippen molar-refractivity contribution in [2.75, 3.05) is 50.1 Å². The number of nitrogens with one attached hydrogen (secondary N) is 1. The molecule has 0 bridgehead atoms. The predicted octanol–water partition coefficient (Wildman–Crippen LogP) is 2.05. The second kappa shape index (κ2) is 9.19. The Balaban J connectivity index is 0.000000806. The minimum atomic E-state index is -3.67. The Kier molecular flexibility index (Phi) is 6.63. The highest BCUT2D eigenvalue weighted by atomic mass is 32.2. The Bertz CT molecular complexity index is 1120. The second-order valence-electron chi connectivity index (χ2n) is 7.06. The van der Waals surface area contributed by atoms with Crippen molar-refractivity contribution in [2.45, 2.75) is 4.90 Å². The van der Waals surface area contributed by atoms with E-state index in [9.17, 15) is 8.42 Å². The zero-order chi connectivity index (χ0) is 21.7. The number of hydrogen-bond acceptors (Lipinski definition) is 6. The van der Waals surface area contributed by atoms with Crippen LogP contribution >= 0.6 is 0 Å². The van der Waals surface area contributed by atoms with Gasteiger partial charge in [-0.1, -0.05) is 12.1 Å². The van der Waals surface area contributed by atoms with Gasteiger partial charge < -0.3 is 20.2 Å². The summed E-state index contributed by atoms with van der Waals surface area (Å²) in [6, 6.07) is 14.8. The van der Waals surface area contributed by atoms with Crippen molar-refractivity contribution in [3.8, 4) is 0 Å². The Morgan fingerprint density at radius 3 is 2.40 bits per heavy atom. The highest BCUT2D eigenvalue weighted by Crippen LogP contribution is 2.31. The van der Waals surface area contributed by atoms with Gasteiger partial charge in [0, 0.05) is 63.2 Å². The van der Waals surface area contributed by atoms with E-state index in [1.165, 1.54) is 3.97 Å². The van der Waals surface area contributed by atoms with Gasteiger partial charge in [-0.25, -0.2) is 12.4 Å². The second-order valence-corrected chi connectivity index (χ2v) is 8.88. The molecule has 1 saturated heterocycles. The van der Waals surface area contributed by atoms with E-state index in [0.29, 0.717) is 10.4 Å². The molecule has 0 unspecified atom stereocenters. The summed E-state index contributed by atoms with van der Waals surface area (Å²) in [4.78, 5) is 12.9. The predicted molar refractivity (Wildman–Crippen MR) is 119 cm³/mol. The quantitative estimate of drug-likeness (QED) is 0.612. The van der Waals surface area contributed by atoms with Crippen LogP contribution in [0.3, 0.4) is 0 Å². The SMILES string of the molecule is CN(C)c1cccc(S(=O)(=O)n2ccc3c(N4CCNCC4)cccc32)c1.O=CO. The number of aromatic nitrogens is 1. The molecule has 9 heteroatoms. The number of anilines is 2. The van der Waals surface area contributed by atoms with Crippen LogP contribution in [0.5, 0.6) is 0 Å². The van der Waals surface area contributed by atoms with Crippen molar-refractivity contribution in [1.82, 2.24) is 9.29 Å². The molecule has 1 aromatic heterocycles. The van der Waals surface area contributed by atoms with Crippen molar-refractivity contribution in [3.63, 3.8) is 0 Å². The van der Waals surface area contributed by atoms with Crippen LogP contribution in [0.1, 0.15) is 0 Å². The number of benzene rings is 2. The average Bonchev–Trinajstić information content (AvgIpc) is 3.20.